The number of hydrogen-bond acceptors (Lipinski definition) is 7. The Morgan fingerprint density at radius 3 is 2.18 bits per heavy atom. The minimum atomic E-state index is -1.77. The molecular formula is C31H54O8. The second-order valence-electron chi connectivity index (χ2n) is 12.2. The molecule has 0 aromatic carbocycles. The molecule has 2 heterocycles. The molecule has 1 aliphatic carbocycles. The second-order valence-corrected chi connectivity index (χ2v) is 12.2. The van der Waals surface area contributed by atoms with E-state index in [2.05, 4.69) is 32.9 Å². The number of aliphatic hydroxyl groups is 1. The molecule has 3 rings (SSSR count). The normalized spacial score (nSPS) is 30.0. The smallest absolute Gasteiger partial charge is 0.364 e. The molecule has 2 unspecified atom stereocenters. The maximum absolute atomic E-state index is 12.5. The summed E-state index contributed by atoms with van der Waals surface area (Å²) in [6.07, 6.45) is 15.5. The molecule has 0 aromatic rings. The van der Waals surface area contributed by atoms with Gasteiger partial charge in [-0.2, -0.15) is 0 Å². The zero-order chi connectivity index (χ0) is 28.1. The predicted octanol–water partition coefficient (Wildman–Crippen LogP) is 6.34. The fourth-order valence-corrected chi connectivity index (χ4v) is 5.99. The van der Waals surface area contributed by atoms with Crippen molar-refractivity contribution in [3.05, 3.63) is 12.2 Å². The van der Waals surface area contributed by atoms with Crippen molar-refractivity contribution in [2.24, 2.45) is 11.8 Å². The van der Waals surface area contributed by atoms with Crippen molar-refractivity contribution in [1.29, 1.82) is 0 Å². The zero-order valence-electron chi connectivity index (χ0n) is 24.6. The van der Waals surface area contributed by atoms with E-state index >= 15 is 0 Å². The van der Waals surface area contributed by atoms with Crippen LogP contribution in [0, 0.1) is 11.8 Å². The molecule has 0 bridgehead atoms. The molecular weight excluding hydrogens is 500 g/mol. The lowest BCUT2D eigenvalue weighted by molar-refractivity contribution is -0.352. The highest BCUT2D eigenvalue weighted by Gasteiger charge is 2.46. The van der Waals surface area contributed by atoms with Gasteiger partial charge in [-0.1, -0.05) is 31.9 Å². The van der Waals surface area contributed by atoms with E-state index in [9.17, 15) is 15.0 Å². The Morgan fingerprint density at radius 2 is 1.62 bits per heavy atom. The van der Waals surface area contributed by atoms with Gasteiger partial charge in [-0.3, -0.25) is 0 Å². The molecule has 3 fully saturated rings. The van der Waals surface area contributed by atoms with Crippen molar-refractivity contribution in [1.82, 2.24) is 0 Å². The van der Waals surface area contributed by atoms with Gasteiger partial charge < -0.3 is 33.9 Å². The van der Waals surface area contributed by atoms with Crippen LogP contribution in [0.25, 0.3) is 0 Å². The molecule has 0 radical (unpaired) electrons. The topological polar surface area (TPSA) is 104 Å². The van der Waals surface area contributed by atoms with E-state index in [4.69, 9.17) is 23.7 Å². The Kier molecular flexibility index (Phi) is 13.7. The molecule has 8 nitrogen and oxygen atoms in total. The Labute approximate surface area is 235 Å². The summed E-state index contributed by atoms with van der Waals surface area (Å²) in [4.78, 5) is 12.5. The first-order valence-electron chi connectivity index (χ1n) is 15.6. The van der Waals surface area contributed by atoms with Crippen LogP contribution in [0.3, 0.4) is 0 Å². The highest BCUT2D eigenvalue weighted by molar-refractivity contribution is 5.75. The molecule has 0 aromatic heterocycles. The van der Waals surface area contributed by atoms with E-state index in [1.807, 2.05) is 0 Å². The second kappa shape index (κ2) is 16.4. The lowest BCUT2D eigenvalue weighted by atomic mass is 9.88. The number of carboxylic acid groups (broad SMARTS) is 1. The number of rotatable bonds is 17. The number of allylic oxidation sites excluding steroid dienone is 1. The predicted molar refractivity (Wildman–Crippen MR) is 149 cm³/mol. The summed E-state index contributed by atoms with van der Waals surface area (Å²) >= 11 is 0. The summed E-state index contributed by atoms with van der Waals surface area (Å²) in [5.41, 5.74) is -0.175. The van der Waals surface area contributed by atoms with Crippen molar-refractivity contribution >= 4 is 5.97 Å². The lowest BCUT2D eigenvalue weighted by Gasteiger charge is -2.38. The Morgan fingerprint density at radius 1 is 0.949 bits per heavy atom. The van der Waals surface area contributed by atoms with Crippen LogP contribution in [0.2, 0.25) is 0 Å². The quantitative estimate of drug-likeness (QED) is 0.122. The number of unbranched alkanes of at least 4 members (excludes halogenated alkanes) is 2. The monoisotopic (exact) mass is 554 g/mol. The van der Waals surface area contributed by atoms with E-state index < -0.39 is 24.3 Å². The summed E-state index contributed by atoms with van der Waals surface area (Å²) < 4.78 is 29.5. The first-order valence-corrected chi connectivity index (χ1v) is 15.6. The highest BCUT2D eigenvalue weighted by Crippen LogP contribution is 2.38. The van der Waals surface area contributed by atoms with Crippen LogP contribution in [-0.4, -0.2) is 66.1 Å². The minimum absolute atomic E-state index is 0.175. The first-order chi connectivity index (χ1) is 18.7. The van der Waals surface area contributed by atoms with Crippen LogP contribution in [0.15, 0.2) is 12.2 Å². The Balaban J connectivity index is 1.51. The third-order valence-electron chi connectivity index (χ3n) is 8.32. The lowest BCUT2D eigenvalue weighted by Crippen LogP contribution is -2.51. The summed E-state index contributed by atoms with van der Waals surface area (Å²) in [6.45, 7) is 8.28. The summed E-state index contributed by atoms with van der Waals surface area (Å²) in [5, 5.41) is 20.9. The van der Waals surface area contributed by atoms with Gasteiger partial charge in [0.15, 0.2) is 12.6 Å². The molecule has 2 N–H and O–H groups in total. The van der Waals surface area contributed by atoms with E-state index in [1.54, 1.807) is 0 Å². The number of aliphatic carboxylic acids is 1. The van der Waals surface area contributed by atoms with Crippen LogP contribution >= 0.6 is 0 Å². The van der Waals surface area contributed by atoms with Gasteiger partial charge >= 0.3 is 5.97 Å². The van der Waals surface area contributed by atoms with Crippen molar-refractivity contribution in [3.8, 4) is 0 Å². The van der Waals surface area contributed by atoms with Crippen LogP contribution in [-0.2, 0) is 28.5 Å². The average Bonchev–Trinajstić information content (AvgIpc) is 3.27. The zero-order valence-corrected chi connectivity index (χ0v) is 24.6. The van der Waals surface area contributed by atoms with Gasteiger partial charge in [-0.15, -0.1) is 0 Å². The third kappa shape index (κ3) is 10.7. The summed E-state index contributed by atoms with van der Waals surface area (Å²) in [5.74, 6) is -2.27. The van der Waals surface area contributed by atoms with Crippen LogP contribution in [0.5, 0.6) is 0 Å². The van der Waals surface area contributed by atoms with E-state index in [-0.39, 0.29) is 24.0 Å². The van der Waals surface area contributed by atoms with Crippen molar-refractivity contribution < 1.29 is 38.7 Å². The van der Waals surface area contributed by atoms with Gasteiger partial charge in [0.2, 0.25) is 0 Å². The van der Waals surface area contributed by atoms with E-state index in [0.717, 1.165) is 77.2 Å². The largest absolute Gasteiger partial charge is 0.477 e. The fourth-order valence-electron chi connectivity index (χ4n) is 5.99. The summed E-state index contributed by atoms with van der Waals surface area (Å²) in [6, 6.07) is 0. The third-order valence-corrected chi connectivity index (χ3v) is 8.32. The number of hydrogen-bond donors (Lipinski definition) is 2. The fraction of sp³-hybridized carbons (Fsp3) is 0.903. The molecule has 8 heteroatoms. The van der Waals surface area contributed by atoms with Crippen LogP contribution in [0.4, 0.5) is 0 Å². The van der Waals surface area contributed by atoms with Gasteiger partial charge in [0.1, 0.15) is 0 Å². The van der Waals surface area contributed by atoms with E-state index in [0.29, 0.717) is 38.4 Å². The van der Waals surface area contributed by atoms with Gasteiger partial charge in [0, 0.05) is 26.2 Å². The van der Waals surface area contributed by atoms with Crippen LogP contribution < -0.4 is 0 Å². The van der Waals surface area contributed by atoms with Crippen molar-refractivity contribution in [3.63, 3.8) is 0 Å². The van der Waals surface area contributed by atoms with Crippen molar-refractivity contribution in [2.75, 3.05) is 19.8 Å². The minimum Gasteiger partial charge on any atom is -0.477 e. The standard InChI is InChI=1S/C31H54O8/c1-4-21-37-30(2,3)19-12-13-24-17-18-26(32)25(24)14-6-5-9-20-31(29(33)34,38-27-15-7-10-22-35-27)39-28-16-8-11-23-36-28/h12-13,24-28,32H,4-11,14-23H2,1-3H3,(H,33,34)/t24-,25+,26-,27?,28?,31?/m0/s1. The number of carboxylic acids is 1. The molecule has 1 saturated carbocycles. The van der Waals surface area contributed by atoms with Gasteiger partial charge in [0.25, 0.3) is 5.79 Å². The molecule has 0 amide bonds. The molecule has 3 aliphatic rings. The molecule has 226 valence electrons. The number of aliphatic hydroxyl groups excluding tert-OH is 1. The molecule has 5 atom stereocenters. The van der Waals surface area contributed by atoms with Crippen molar-refractivity contribution in [2.45, 2.75) is 147 Å². The highest BCUT2D eigenvalue weighted by atomic mass is 16.8. The van der Waals surface area contributed by atoms with Gasteiger partial charge in [-0.05, 0) is 103 Å². The first kappa shape index (κ1) is 32.5. The molecule has 0 spiro atoms. The molecule has 2 saturated heterocycles. The van der Waals surface area contributed by atoms with E-state index in [1.165, 1.54) is 0 Å². The van der Waals surface area contributed by atoms with Crippen LogP contribution in [0.1, 0.15) is 117 Å². The van der Waals surface area contributed by atoms with Gasteiger partial charge in [-0.25, -0.2) is 4.79 Å². The number of ether oxygens (including phenoxy) is 5. The average molecular weight is 555 g/mol. The maximum Gasteiger partial charge on any atom is 0.364 e. The molecule has 39 heavy (non-hydrogen) atoms. The Hall–Kier alpha value is -1.03. The maximum atomic E-state index is 12.5. The number of carbonyl (C=O) groups is 1. The molecule has 2 aliphatic heterocycles. The Bertz CT molecular complexity index is 706. The SMILES string of the molecule is CCCOC(C)(C)CC=C[C@H]1CC[C@H](O)[C@@H]1CCCCCC(OC1CCCCO1)(OC1CCCCO1)C(=O)O. The summed E-state index contributed by atoms with van der Waals surface area (Å²) in [7, 11) is 0. The van der Waals surface area contributed by atoms with Gasteiger partial charge in [0.05, 0.1) is 11.7 Å².